The smallest absolute Gasteiger partial charge is 0.364 e. The number of ether oxygens (including phenoxy) is 10. The zero-order valence-corrected chi connectivity index (χ0v) is 61.4. The standard InChI is InChI=1S/C64H104N10O37/c1-21(53(65)94)66-55(96)29-10-8-12-73(29)58(99)30-11-9-13-74(30)57(98)22(2)67-56(97)37(72-54(95)28(15-75)68-24(4)80)23(3)103-60-40(71-27(7)83)50(109-61-47(92)46(91)42(87)33(17-77)104-61)44(89)36(107-60)20-102-59-39(70-26(6)82)45(90)49(35(19-79)106-59)108-62-48(93)52(43(88)34(18-78)105-62)111-64(63(100)101)14-31(84)38(69-25(5)81)51(110-64)41(86)32(85)16-76/h21-23,28-52,59-62,75-79,84-93H,8-20H2,1-7H3,(H2,65,94)(H,66,96)(H,67,97)(H,68,80)(H,69,81)(H,70,82)(H,71,83)(H,72,95)(H,100,101)/t21?,22?,23?,28?,29?,30?,31-,32+,33?,34?,35?,36?,37?,38+,39?,40?,41+,42-,43-,44-,45+,46-,47?,48?,49-,50+,51?,52-,59+,60+,61-,62-,64-/m0/s1. The number of amides is 10. The first-order chi connectivity index (χ1) is 52.2. The van der Waals surface area contributed by atoms with Crippen LogP contribution in [0.1, 0.15) is 80.6 Å². The van der Waals surface area contributed by atoms with E-state index in [1.54, 1.807) is 0 Å². The number of carboxylic acids is 1. The number of hydrogen-bond donors (Lipinski definition) is 24. The van der Waals surface area contributed by atoms with Gasteiger partial charge in [-0.3, -0.25) is 47.9 Å². The molecule has 111 heavy (non-hydrogen) atoms. The molecule has 0 radical (unpaired) electrons. The molecule has 0 aromatic rings. The van der Waals surface area contributed by atoms with E-state index in [1.807, 2.05) is 0 Å². The highest BCUT2D eigenvalue weighted by atomic mass is 16.8. The molecular weight excluding hydrogens is 1500 g/mol. The number of aliphatic hydroxyl groups is 15. The van der Waals surface area contributed by atoms with E-state index in [0.717, 1.165) is 34.6 Å². The molecule has 632 valence electrons. The van der Waals surface area contributed by atoms with Crippen molar-refractivity contribution in [2.75, 3.05) is 52.7 Å². The van der Waals surface area contributed by atoms with Gasteiger partial charge in [-0.05, 0) is 46.5 Å². The summed E-state index contributed by atoms with van der Waals surface area (Å²) in [5, 5.41) is 192. The van der Waals surface area contributed by atoms with Crippen molar-refractivity contribution in [1.29, 1.82) is 0 Å². The molecule has 25 N–H and O–H groups in total. The van der Waals surface area contributed by atoms with E-state index >= 15 is 0 Å². The first-order valence-corrected chi connectivity index (χ1v) is 35.7. The molecule has 0 aromatic heterocycles. The molecule has 7 fully saturated rings. The van der Waals surface area contributed by atoms with Crippen molar-refractivity contribution in [1.82, 2.24) is 47.0 Å². The van der Waals surface area contributed by atoms with Crippen LogP contribution in [0.4, 0.5) is 0 Å². The van der Waals surface area contributed by atoms with Gasteiger partial charge in [0.2, 0.25) is 59.1 Å². The minimum absolute atomic E-state index is 0.0246. The van der Waals surface area contributed by atoms with Gasteiger partial charge in [0.1, 0.15) is 152 Å². The van der Waals surface area contributed by atoms with Crippen molar-refractivity contribution in [3.05, 3.63) is 0 Å². The number of carboxylic acid groups (broad SMARTS) is 1. The van der Waals surface area contributed by atoms with Gasteiger partial charge >= 0.3 is 5.97 Å². The first kappa shape index (κ1) is 91.4. The minimum atomic E-state index is -3.26. The Morgan fingerprint density at radius 1 is 0.541 bits per heavy atom. The van der Waals surface area contributed by atoms with Crippen LogP contribution < -0.4 is 43.0 Å². The van der Waals surface area contributed by atoms with Crippen LogP contribution >= 0.6 is 0 Å². The second-order valence-electron chi connectivity index (χ2n) is 28.1. The van der Waals surface area contributed by atoms with Gasteiger partial charge in [-0.2, -0.15) is 0 Å². The topological polar surface area (TPSA) is 720 Å². The fourth-order valence-corrected chi connectivity index (χ4v) is 14.1. The first-order valence-electron chi connectivity index (χ1n) is 35.7. The van der Waals surface area contributed by atoms with Crippen LogP contribution in [0.5, 0.6) is 0 Å². The molecule has 7 aliphatic rings. The number of nitrogens with two attached hydrogens (primary N) is 1. The second kappa shape index (κ2) is 40.0. The molecule has 0 aliphatic carbocycles. The van der Waals surface area contributed by atoms with Gasteiger partial charge in [0, 0.05) is 47.2 Å². The van der Waals surface area contributed by atoms with Gasteiger partial charge in [-0.1, -0.05) is 0 Å². The van der Waals surface area contributed by atoms with E-state index < -0.39 is 312 Å². The molecule has 16 unspecified atom stereocenters. The summed E-state index contributed by atoms with van der Waals surface area (Å²) < 4.78 is 59.5. The summed E-state index contributed by atoms with van der Waals surface area (Å²) >= 11 is 0. The van der Waals surface area contributed by atoms with Crippen LogP contribution in [-0.2, 0) is 100 Å². The van der Waals surface area contributed by atoms with E-state index in [-0.39, 0.29) is 32.4 Å². The summed E-state index contributed by atoms with van der Waals surface area (Å²) in [6.07, 6.45) is -48.9. The molecule has 0 bridgehead atoms. The predicted octanol–water partition coefficient (Wildman–Crippen LogP) is -15.4. The molecule has 0 aromatic carbocycles. The van der Waals surface area contributed by atoms with E-state index in [9.17, 15) is 134 Å². The van der Waals surface area contributed by atoms with Crippen LogP contribution in [0, 0.1) is 0 Å². The van der Waals surface area contributed by atoms with Crippen LogP contribution in [0.2, 0.25) is 0 Å². The van der Waals surface area contributed by atoms with Crippen molar-refractivity contribution in [3.8, 4) is 0 Å². The average molecular weight is 1610 g/mol. The monoisotopic (exact) mass is 1600 g/mol. The third-order valence-electron chi connectivity index (χ3n) is 19.9. The molecule has 0 spiro atoms. The summed E-state index contributed by atoms with van der Waals surface area (Å²) in [6, 6.07) is -14.3. The number of primary amides is 1. The van der Waals surface area contributed by atoms with Crippen molar-refractivity contribution in [3.63, 3.8) is 0 Å². The van der Waals surface area contributed by atoms with Gasteiger partial charge in [-0.15, -0.1) is 0 Å². The van der Waals surface area contributed by atoms with Crippen LogP contribution in [0.15, 0.2) is 0 Å². The highest BCUT2D eigenvalue weighted by Gasteiger charge is 2.61. The summed E-state index contributed by atoms with van der Waals surface area (Å²) in [7, 11) is 0. The third-order valence-corrected chi connectivity index (χ3v) is 19.9. The molecule has 10 amide bonds. The number of nitrogens with zero attached hydrogens (tertiary/aromatic N) is 2. The normalized spacial score (nSPS) is 37.0. The maximum absolute atomic E-state index is 14.9. The Hall–Kier alpha value is -6.83. The van der Waals surface area contributed by atoms with Crippen LogP contribution in [-0.4, -0.2) is 411 Å². The molecule has 0 saturated carbocycles. The van der Waals surface area contributed by atoms with E-state index in [1.165, 1.54) is 23.6 Å². The Bertz CT molecular complexity index is 3230. The molecule has 33 atom stereocenters. The number of hydrogen-bond acceptors (Lipinski definition) is 36. The molecule has 47 heteroatoms. The van der Waals surface area contributed by atoms with Gasteiger partial charge in [0.25, 0.3) is 5.79 Å². The Kier molecular flexibility index (Phi) is 32.9. The van der Waals surface area contributed by atoms with Gasteiger partial charge in [-0.25, -0.2) is 4.79 Å². The Morgan fingerprint density at radius 2 is 1.08 bits per heavy atom. The molecule has 7 rings (SSSR count). The number of likely N-dealkylation sites (tertiary alicyclic amines) is 2. The summed E-state index contributed by atoms with van der Waals surface area (Å²) in [5.74, 6) is -14.5. The number of carbonyl (C=O) groups excluding carboxylic acids is 10. The van der Waals surface area contributed by atoms with Crippen molar-refractivity contribution in [2.45, 2.75) is 282 Å². The van der Waals surface area contributed by atoms with Crippen molar-refractivity contribution >= 4 is 65.0 Å². The fourth-order valence-electron chi connectivity index (χ4n) is 14.1. The van der Waals surface area contributed by atoms with Crippen LogP contribution in [0.3, 0.4) is 0 Å². The van der Waals surface area contributed by atoms with Gasteiger partial charge in [0.05, 0.1) is 57.9 Å². The SMILES string of the molecule is CC(=O)NC(CO)C(=O)NC(C(=O)NC(C)C(=O)N1CCCC1C(=O)N1CCCC1C(=O)NC(C)C(N)=O)C(C)O[C@@H]1OC(CO[C@@H]2OC(CO)[C@H](O[C@@H]3OC(CO)[C@H](O)[C@H](O[C@]4(C(=O)O)C[C@H](O)[C@@H](NC(C)=O)C([C@H](O)[C@H](O)CO)O4)C3O)[C@H](O)C2NC(C)=O)[C@H](O)[C@H](O[C@@H]2OC(CO)[C@H](O)[C@H](O)C2O)C1NC(C)=O. The lowest BCUT2D eigenvalue weighted by atomic mass is 9.88. The van der Waals surface area contributed by atoms with Gasteiger partial charge < -0.3 is 182 Å². The molecule has 7 saturated heterocycles. The van der Waals surface area contributed by atoms with Gasteiger partial charge in [0.15, 0.2) is 25.2 Å². The maximum Gasteiger partial charge on any atom is 0.364 e. The summed E-state index contributed by atoms with van der Waals surface area (Å²) in [4.78, 5) is 149. The van der Waals surface area contributed by atoms with E-state index in [0.29, 0.717) is 6.42 Å². The van der Waals surface area contributed by atoms with E-state index in [2.05, 4.69) is 37.2 Å². The minimum Gasteiger partial charge on any atom is -0.477 e. The lowest BCUT2D eigenvalue weighted by molar-refractivity contribution is -0.383. The Morgan fingerprint density at radius 3 is 1.65 bits per heavy atom. The lowest BCUT2D eigenvalue weighted by Gasteiger charge is -2.51. The predicted molar refractivity (Wildman–Crippen MR) is 357 cm³/mol. The average Bonchev–Trinajstić information content (AvgIpc) is 1.35. The second-order valence-corrected chi connectivity index (χ2v) is 28.1. The number of carbonyl (C=O) groups is 11. The molecular formula is C64H104N10O37. The summed E-state index contributed by atoms with van der Waals surface area (Å²) in [6.45, 7) is 0.903. The summed E-state index contributed by atoms with van der Waals surface area (Å²) in [5.41, 5.74) is 5.34. The molecule has 47 nitrogen and oxygen atoms in total. The zero-order chi connectivity index (χ0) is 82.7. The number of nitrogens with one attached hydrogen (secondary N) is 7. The van der Waals surface area contributed by atoms with Crippen molar-refractivity contribution < 1.29 is 182 Å². The Balaban J connectivity index is 1.18. The number of aliphatic carboxylic acids is 1. The maximum atomic E-state index is 14.9. The van der Waals surface area contributed by atoms with E-state index in [4.69, 9.17) is 53.1 Å². The quantitative estimate of drug-likeness (QED) is 0.0290. The molecule has 7 heterocycles. The highest BCUT2D eigenvalue weighted by Crippen LogP contribution is 2.40. The Labute approximate surface area is 632 Å². The van der Waals surface area contributed by atoms with Crippen LogP contribution in [0.25, 0.3) is 0 Å². The largest absolute Gasteiger partial charge is 0.477 e. The van der Waals surface area contributed by atoms with Crippen molar-refractivity contribution in [2.24, 2.45) is 5.73 Å². The lowest BCUT2D eigenvalue weighted by Crippen LogP contribution is -2.71. The number of aliphatic hydroxyl groups excluding tert-OH is 15. The number of rotatable bonds is 33. The fraction of sp³-hybridized carbons (Fsp3) is 0.828. The molecule has 7 aliphatic heterocycles. The zero-order valence-electron chi connectivity index (χ0n) is 61.4. The third kappa shape index (κ3) is 21.6. The highest BCUT2D eigenvalue weighted by molar-refractivity contribution is 5.97.